The second-order valence-electron chi connectivity index (χ2n) is 10.6. The molecule has 0 atom stereocenters. The molecule has 1 saturated heterocycles. The average Bonchev–Trinajstić information content (AvgIpc) is 3.29. The van der Waals surface area contributed by atoms with Crippen LogP contribution in [-0.2, 0) is 9.59 Å². The third-order valence-electron chi connectivity index (χ3n) is 7.70. The number of carbonyl (C=O) groups is 2. The van der Waals surface area contributed by atoms with Crippen molar-refractivity contribution in [3.05, 3.63) is 57.2 Å². The first kappa shape index (κ1) is 29.6. The average molecular weight is 645 g/mol. The number of aliphatic imine (C=N–C) groups is 1. The second-order valence-corrected chi connectivity index (χ2v) is 12.5. The van der Waals surface area contributed by atoms with E-state index in [9.17, 15) is 14.0 Å². The quantitative estimate of drug-likeness (QED) is 0.300. The van der Waals surface area contributed by atoms with Gasteiger partial charge in [-0.1, -0.05) is 54.5 Å². The van der Waals surface area contributed by atoms with Crippen molar-refractivity contribution in [2.75, 3.05) is 19.0 Å². The maximum absolute atomic E-state index is 13.8. The summed E-state index contributed by atoms with van der Waals surface area (Å²) in [6.45, 7) is -0.258. The van der Waals surface area contributed by atoms with Gasteiger partial charge in [0, 0.05) is 16.2 Å². The van der Waals surface area contributed by atoms with E-state index in [4.69, 9.17) is 14.5 Å². The number of benzene rings is 2. The highest BCUT2D eigenvalue weighted by Gasteiger charge is 2.39. The van der Waals surface area contributed by atoms with Gasteiger partial charge in [0.2, 0.25) is 0 Å². The topological polar surface area (TPSA) is 80.2 Å². The first-order chi connectivity index (χ1) is 19.9. The predicted molar refractivity (Wildman–Crippen MR) is 165 cm³/mol. The molecule has 0 radical (unpaired) electrons. The lowest BCUT2D eigenvalue weighted by Gasteiger charge is -2.31. The van der Waals surface area contributed by atoms with Crippen LogP contribution in [0.4, 0.5) is 10.1 Å². The molecule has 0 unspecified atom stereocenters. The Hall–Kier alpha value is -2.85. The lowest BCUT2D eigenvalue weighted by atomic mass is 9.94. The molecule has 5 rings (SSSR count). The number of amides is 2. The Kier molecular flexibility index (Phi) is 10.0. The van der Waals surface area contributed by atoms with Gasteiger partial charge in [0.15, 0.2) is 23.3 Å². The highest BCUT2D eigenvalue weighted by molar-refractivity contribution is 9.10. The number of nitrogens with one attached hydrogen (secondary N) is 1. The number of hydrogen-bond acceptors (Lipinski definition) is 6. The standard InChI is InChI=1S/C31H35BrFN3O4S/c1-39-26-16-20(25(32)18-27(26)40-19-29(37)34-23-14-12-21(33)13-15-23)17-28-30(38)36(24-10-6-3-7-11-24)31(41-28)35-22-8-4-2-5-9-22/h12-18,22,24H,2-11,19H2,1H3,(H,34,37). The summed E-state index contributed by atoms with van der Waals surface area (Å²) in [4.78, 5) is 33.8. The number of anilines is 1. The Labute approximate surface area is 253 Å². The van der Waals surface area contributed by atoms with Crippen LogP contribution in [0.25, 0.3) is 6.08 Å². The largest absolute Gasteiger partial charge is 0.493 e. The normalized spacial score (nSPS) is 20.6. The number of ether oxygens (including phenoxy) is 2. The predicted octanol–water partition coefficient (Wildman–Crippen LogP) is 7.55. The zero-order chi connectivity index (χ0) is 28.8. The van der Waals surface area contributed by atoms with E-state index in [0.717, 1.165) is 49.3 Å². The molecule has 7 nitrogen and oxygen atoms in total. The summed E-state index contributed by atoms with van der Waals surface area (Å²) in [5.41, 5.74) is 1.24. The maximum Gasteiger partial charge on any atom is 0.267 e. The Bertz CT molecular complexity index is 1320. The Morgan fingerprint density at radius 2 is 1.76 bits per heavy atom. The smallest absolute Gasteiger partial charge is 0.267 e. The van der Waals surface area contributed by atoms with Crippen LogP contribution in [0.3, 0.4) is 0 Å². The molecule has 2 aromatic carbocycles. The lowest BCUT2D eigenvalue weighted by molar-refractivity contribution is -0.124. The first-order valence-electron chi connectivity index (χ1n) is 14.3. The van der Waals surface area contributed by atoms with Crippen molar-refractivity contribution in [3.63, 3.8) is 0 Å². The van der Waals surface area contributed by atoms with Crippen LogP contribution in [0.5, 0.6) is 11.5 Å². The van der Waals surface area contributed by atoms with E-state index in [0.29, 0.717) is 26.6 Å². The van der Waals surface area contributed by atoms with E-state index >= 15 is 0 Å². The molecule has 0 spiro atoms. The molecule has 10 heteroatoms. The molecule has 2 aromatic rings. The summed E-state index contributed by atoms with van der Waals surface area (Å²) < 4.78 is 25.1. The van der Waals surface area contributed by atoms with Crippen molar-refractivity contribution in [2.45, 2.75) is 76.3 Å². The summed E-state index contributed by atoms with van der Waals surface area (Å²) >= 11 is 5.08. The van der Waals surface area contributed by atoms with Gasteiger partial charge in [-0.15, -0.1) is 0 Å². The lowest BCUT2D eigenvalue weighted by Crippen LogP contribution is -2.41. The van der Waals surface area contributed by atoms with Crippen LogP contribution in [0.1, 0.15) is 69.8 Å². The van der Waals surface area contributed by atoms with E-state index in [-0.39, 0.29) is 36.3 Å². The van der Waals surface area contributed by atoms with Gasteiger partial charge in [-0.05, 0) is 85.5 Å². The Balaban J connectivity index is 1.33. The SMILES string of the molecule is COc1cc(C=C2SC(=NC3CCCCC3)N(C3CCCCC3)C2=O)c(Br)cc1OCC(=O)Nc1ccc(F)cc1. The molecule has 2 aliphatic carbocycles. The van der Waals surface area contributed by atoms with Gasteiger partial charge in [-0.3, -0.25) is 19.5 Å². The maximum atomic E-state index is 13.8. The van der Waals surface area contributed by atoms with Crippen LogP contribution in [-0.4, -0.2) is 47.7 Å². The van der Waals surface area contributed by atoms with Crippen molar-refractivity contribution < 1.29 is 23.5 Å². The number of hydrogen-bond donors (Lipinski definition) is 1. The van der Waals surface area contributed by atoms with Crippen LogP contribution >= 0.6 is 27.7 Å². The molecule has 0 bridgehead atoms. The zero-order valence-corrected chi connectivity index (χ0v) is 25.6. The first-order valence-corrected chi connectivity index (χ1v) is 15.9. The summed E-state index contributed by atoms with van der Waals surface area (Å²) in [6, 6.07) is 9.52. The van der Waals surface area contributed by atoms with Gasteiger partial charge < -0.3 is 14.8 Å². The molecular weight excluding hydrogens is 609 g/mol. The fraction of sp³-hybridized carbons (Fsp3) is 0.452. The number of halogens is 2. The number of carbonyl (C=O) groups excluding carboxylic acids is 2. The van der Waals surface area contributed by atoms with Crippen molar-refractivity contribution in [2.24, 2.45) is 4.99 Å². The molecule has 2 saturated carbocycles. The van der Waals surface area contributed by atoms with E-state index in [1.807, 2.05) is 11.0 Å². The van der Waals surface area contributed by atoms with E-state index in [1.54, 1.807) is 12.1 Å². The molecule has 1 aliphatic heterocycles. The number of nitrogens with zero attached hydrogens (tertiary/aromatic N) is 2. The van der Waals surface area contributed by atoms with Gasteiger partial charge in [-0.25, -0.2) is 4.39 Å². The molecule has 2 amide bonds. The molecule has 3 fully saturated rings. The molecule has 41 heavy (non-hydrogen) atoms. The van der Waals surface area contributed by atoms with Crippen LogP contribution < -0.4 is 14.8 Å². The number of methoxy groups -OCH3 is 1. The fourth-order valence-electron chi connectivity index (χ4n) is 5.55. The van der Waals surface area contributed by atoms with Gasteiger partial charge in [0.25, 0.3) is 11.8 Å². The van der Waals surface area contributed by atoms with Gasteiger partial charge in [0.1, 0.15) is 5.82 Å². The minimum Gasteiger partial charge on any atom is -0.493 e. The van der Waals surface area contributed by atoms with Crippen LogP contribution in [0.15, 0.2) is 50.8 Å². The monoisotopic (exact) mass is 643 g/mol. The van der Waals surface area contributed by atoms with Crippen LogP contribution in [0.2, 0.25) is 0 Å². The van der Waals surface area contributed by atoms with Crippen LogP contribution in [0, 0.1) is 5.82 Å². The van der Waals surface area contributed by atoms with E-state index in [2.05, 4.69) is 21.2 Å². The Morgan fingerprint density at radius 3 is 2.44 bits per heavy atom. The molecule has 0 aromatic heterocycles. The summed E-state index contributed by atoms with van der Waals surface area (Å²) in [5, 5.41) is 3.51. The van der Waals surface area contributed by atoms with Gasteiger partial charge in [-0.2, -0.15) is 0 Å². The van der Waals surface area contributed by atoms with Crippen molar-refractivity contribution in [1.29, 1.82) is 0 Å². The summed E-state index contributed by atoms with van der Waals surface area (Å²) in [6.07, 6.45) is 13.2. The van der Waals surface area contributed by atoms with Crippen molar-refractivity contribution in [3.8, 4) is 11.5 Å². The molecular formula is C31H35BrFN3O4S. The van der Waals surface area contributed by atoms with Gasteiger partial charge in [0.05, 0.1) is 18.1 Å². The van der Waals surface area contributed by atoms with Gasteiger partial charge >= 0.3 is 0 Å². The summed E-state index contributed by atoms with van der Waals surface area (Å²) in [5.74, 6) is 0.0625. The summed E-state index contributed by atoms with van der Waals surface area (Å²) in [7, 11) is 1.53. The van der Waals surface area contributed by atoms with E-state index < -0.39 is 0 Å². The third-order valence-corrected chi connectivity index (χ3v) is 9.38. The van der Waals surface area contributed by atoms with E-state index in [1.165, 1.54) is 68.8 Å². The molecule has 1 heterocycles. The van der Waals surface area contributed by atoms with Crippen molar-refractivity contribution in [1.82, 2.24) is 4.90 Å². The van der Waals surface area contributed by atoms with Crippen molar-refractivity contribution >= 4 is 56.4 Å². The highest BCUT2D eigenvalue weighted by atomic mass is 79.9. The number of rotatable bonds is 8. The molecule has 1 N–H and O–H groups in total. The zero-order valence-electron chi connectivity index (χ0n) is 23.2. The highest BCUT2D eigenvalue weighted by Crippen LogP contribution is 2.41. The number of thioether (sulfide) groups is 1. The fourth-order valence-corrected chi connectivity index (χ4v) is 7.09. The Morgan fingerprint density at radius 1 is 1.07 bits per heavy atom. The molecule has 218 valence electrons. The second kappa shape index (κ2) is 13.9. The third kappa shape index (κ3) is 7.52. The molecule has 3 aliphatic rings. The minimum absolute atomic E-state index is 0.0140. The minimum atomic E-state index is -0.387. The number of amidine groups is 1.